The van der Waals surface area contributed by atoms with Crippen molar-refractivity contribution in [1.29, 1.82) is 0 Å². The minimum absolute atomic E-state index is 0.0458. The van der Waals surface area contributed by atoms with Gasteiger partial charge in [-0.25, -0.2) is 4.79 Å². The van der Waals surface area contributed by atoms with Crippen LogP contribution in [0.3, 0.4) is 0 Å². The molecule has 0 N–H and O–H groups in total. The Morgan fingerprint density at radius 3 is 2.06 bits per heavy atom. The highest BCUT2D eigenvalue weighted by molar-refractivity contribution is 7.45. The maximum absolute atomic E-state index is 12.0. The Balaban J connectivity index is 2.04. The van der Waals surface area contributed by atoms with Crippen LogP contribution in [-0.4, -0.2) is 57.5 Å². The second kappa shape index (κ2) is 16.8. The summed E-state index contributed by atoms with van der Waals surface area (Å²) in [4.78, 5) is 23.7. The average molecular weight is 476 g/mol. The lowest BCUT2D eigenvalue weighted by molar-refractivity contribution is -0.906. The van der Waals surface area contributed by atoms with Crippen LogP contribution >= 0.6 is 7.82 Å². The number of carbonyl (C=O) groups excluding carboxylic acids is 1. The molecule has 1 heterocycles. The zero-order valence-electron chi connectivity index (χ0n) is 20.6. The summed E-state index contributed by atoms with van der Waals surface area (Å²) in [6.07, 6.45) is 17.3. The van der Waals surface area contributed by atoms with Crippen molar-refractivity contribution in [3.05, 3.63) is 11.6 Å². The summed E-state index contributed by atoms with van der Waals surface area (Å²) in [5.74, 6) is -0.324. The number of quaternary nitrogens is 1. The van der Waals surface area contributed by atoms with Crippen LogP contribution in [0, 0.1) is 0 Å². The topological polar surface area (TPSA) is 84.9 Å². The molecule has 1 aliphatic rings. The van der Waals surface area contributed by atoms with Gasteiger partial charge >= 0.3 is 5.97 Å². The van der Waals surface area contributed by atoms with Crippen LogP contribution in [0.2, 0.25) is 0 Å². The number of ether oxygens (including phenoxy) is 1. The molecule has 0 fully saturated rings. The summed E-state index contributed by atoms with van der Waals surface area (Å²) in [5.41, 5.74) is 0.634. The lowest BCUT2D eigenvalue weighted by atomic mass is 10.1. The van der Waals surface area contributed by atoms with Crippen LogP contribution in [0.1, 0.15) is 90.4 Å². The number of nitrogens with zero attached hydrogens (tertiary/aromatic N) is 1. The first kappa shape index (κ1) is 29.3. The molecule has 8 heteroatoms. The van der Waals surface area contributed by atoms with Gasteiger partial charge in [0.15, 0.2) is 0 Å². The molecule has 7 nitrogen and oxygen atoms in total. The van der Waals surface area contributed by atoms with Crippen LogP contribution in [0.4, 0.5) is 0 Å². The molecule has 1 aliphatic heterocycles. The van der Waals surface area contributed by atoms with Gasteiger partial charge in [-0.15, -0.1) is 0 Å². The molecule has 0 aliphatic carbocycles. The molecule has 188 valence electrons. The first-order valence-corrected chi connectivity index (χ1v) is 14.0. The van der Waals surface area contributed by atoms with Gasteiger partial charge in [-0.2, -0.15) is 0 Å². The van der Waals surface area contributed by atoms with Crippen molar-refractivity contribution in [2.45, 2.75) is 90.4 Å². The van der Waals surface area contributed by atoms with E-state index in [1.165, 1.54) is 64.9 Å². The van der Waals surface area contributed by atoms with Crippen molar-refractivity contribution in [2.24, 2.45) is 0 Å². The van der Waals surface area contributed by atoms with E-state index in [0.717, 1.165) is 32.2 Å². The van der Waals surface area contributed by atoms with E-state index < -0.39 is 7.82 Å². The fourth-order valence-electron chi connectivity index (χ4n) is 4.10. The highest BCUT2D eigenvalue weighted by Crippen LogP contribution is 2.38. The standard InChI is InChI=1S/C24H46NO6P/c1-4-5-6-7-8-9-10-11-12-13-14-15-20-30-32(27,28)31-21-19-25(2)18-16-17-23(22-25)24(26)29-3/h17H,4-16,18-22H2,1-3H3. The molecule has 0 spiro atoms. The fourth-order valence-corrected chi connectivity index (χ4v) is 4.84. The Morgan fingerprint density at radius 1 is 0.969 bits per heavy atom. The zero-order chi connectivity index (χ0) is 23.7. The Hall–Kier alpha value is -0.720. The number of hydrogen-bond donors (Lipinski definition) is 0. The Kier molecular flexibility index (Phi) is 15.4. The summed E-state index contributed by atoms with van der Waals surface area (Å²) < 4.78 is 27.4. The maximum Gasteiger partial charge on any atom is 0.339 e. The number of phosphoric ester groups is 1. The third-order valence-electron chi connectivity index (χ3n) is 6.19. The van der Waals surface area contributed by atoms with Crippen molar-refractivity contribution in [1.82, 2.24) is 0 Å². The average Bonchev–Trinajstić information content (AvgIpc) is 2.76. The number of methoxy groups -OCH3 is 1. The molecule has 0 aromatic rings. The van der Waals surface area contributed by atoms with Crippen LogP contribution in [0.25, 0.3) is 0 Å². The van der Waals surface area contributed by atoms with E-state index in [0.29, 0.717) is 23.1 Å². The molecular formula is C24H46NO6P. The summed E-state index contributed by atoms with van der Waals surface area (Å²) >= 11 is 0. The highest BCUT2D eigenvalue weighted by Gasteiger charge is 2.30. The molecule has 32 heavy (non-hydrogen) atoms. The first-order chi connectivity index (χ1) is 15.3. The predicted molar refractivity (Wildman–Crippen MR) is 126 cm³/mol. The van der Waals surface area contributed by atoms with Crippen molar-refractivity contribution < 1.29 is 32.5 Å². The van der Waals surface area contributed by atoms with Crippen molar-refractivity contribution in [3.63, 3.8) is 0 Å². The molecule has 0 bridgehead atoms. The molecule has 0 aromatic heterocycles. The highest BCUT2D eigenvalue weighted by atomic mass is 31.2. The Labute approximate surface area is 195 Å². The second-order valence-corrected chi connectivity index (χ2v) is 10.6. The maximum atomic E-state index is 12.0. The third-order valence-corrected chi connectivity index (χ3v) is 7.18. The van der Waals surface area contributed by atoms with Gasteiger partial charge < -0.3 is 23.2 Å². The number of carbonyl (C=O) groups is 1. The monoisotopic (exact) mass is 475 g/mol. The number of phosphoric acid groups is 1. The molecule has 0 saturated heterocycles. The zero-order valence-corrected chi connectivity index (χ0v) is 21.5. The number of rotatable bonds is 19. The minimum atomic E-state index is -4.28. The molecule has 1 rings (SSSR count). The summed E-state index contributed by atoms with van der Waals surface area (Å²) in [6, 6.07) is 0. The molecular weight excluding hydrogens is 429 g/mol. The molecule has 2 unspecified atom stereocenters. The van der Waals surface area contributed by atoms with Crippen LogP contribution < -0.4 is 4.89 Å². The van der Waals surface area contributed by atoms with Gasteiger partial charge in [0.1, 0.15) is 19.7 Å². The van der Waals surface area contributed by atoms with Gasteiger partial charge in [-0.1, -0.05) is 83.6 Å². The van der Waals surface area contributed by atoms with E-state index in [-0.39, 0.29) is 19.2 Å². The van der Waals surface area contributed by atoms with Crippen LogP contribution in [0.15, 0.2) is 11.6 Å². The van der Waals surface area contributed by atoms with Gasteiger partial charge in [0, 0.05) is 6.42 Å². The van der Waals surface area contributed by atoms with Crippen molar-refractivity contribution in [2.75, 3.05) is 47.0 Å². The van der Waals surface area contributed by atoms with Gasteiger partial charge in [0.05, 0.1) is 32.9 Å². The summed E-state index contributed by atoms with van der Waals surface area (Å²) in [6.45, 7) is 4.30. The van der Waals surface area contributed by atoms with Crippen molar-refractivity contribution >= 4 is 13.8 Å². The lowest BCUT2D eigenvalue weighted by Crippen LogP contribution is -2.50. The smallest absolute Gasteiger partial charge is 0.339 e. The van der Waals surface area contributed by atoms with E-state index in [4.69, 9.17) is 13.8 Å². The third kappa shape index (κ3) is 13.7. The summed E-state index contributed by atoms with van der Waals surface area (Å²) in [7, 11) is -0.922. The SMILES string of the molecule is CCCCCCCCCCCCCCOP(=O)([O-])OCC[N+]1(C)CCC=C(C(=O)OC)C1. The Morgan fingerprint density at radius 2 is 1.50 bits per heavy atom. The minimum Gasteiger partial charge on any atom is -0.756 e. The Bertz CT molecular complexity index is 597. The predicted octanol–water partition coefficient (Wildman–Crippen LogP) is 5.14. The lowest BCUT2D eigenvalue weighted by Gasteiger charge is -2.37. The normalized spacial score (nSPS) is 20.6. The van der Waals surface area contributed by atoms with Gasteiger partial charge in [-0.3, -0.25) is 4.57 Å². The number of hydrogen-bond acceptors (Lipinski definition) is 6. The largest absolute Gasteiger partial charge is 0.756 e. The molecule has 0 amide bonds. The van der Waals surface area contributed by atoms with E-state index >= 15 is 0 Å². The van der Waals surface area contributed by atoms with Crippen molar-refractivity contribution in [3.8, 4) is 0 Å². The van der Waals surface area contributed by atoms with Crippen LogP contribution in [-0.2, 0) is 23.1 Å². The first-order valence-electron chi connectivity index (χ1n) is 12.5. The van der Waals surface area contributed by atoms with E-state index in [2.05, 4.69) is 6.92 Å². The fraction of sp³-hybridized carbons (Fsp3) is 0.875. The quantitative estimate of drug-likeness (QED) is 0.111. The summed E-state index contributed by atoms with van der Waals surface area (Å²) in [5, 5.41) is 0. The van der Waals surface area contributed by atoms with Gasteiger partial charge in [0.25, 0.3) is 7.82 Å². The van der Waals surface area contributed by atoms with Crippen LogP contribution in [0.5, 0.6) is 0 Å². The molecule has 0 aromatic carbocycles. The van der Waals surface area contributed by atoms with Gasteiger partial charge in [0.2, 0.25) is 0 Å². The number of likely N-dealkylation sites (N-methyl/N-ethyl adjacent to an activating group) is 1. The van der Waals surface area contributed by atoms with E-state index in [9.17, 15) is 14.3 Å². The number of esters is 1. The van der Waals surface area contributed by atoms with Gasteiger partial charge in [-0.05, 0) is 6.42 Å². The van der Waals surface area contributed by atoms with E-state index in [1.54, 1.807) is 0 Å². The second-order valence-electron chi connectivity index (χ2n) is 9.24. The molecule has 0 saturated carbocycles. The molecule has 2 atom stereocenters. The number of unbranched alkanes of at least 4 members (excludes halogenated alkanes) is 11. The molecule has 0 radical (unpaired) electrons. The van der Waals surface area contributed by atoms with E-state index in [1.807, 2.05) is 13.1 Å².